The molecule has 26 heavy (non-hydrogen) atoms. The molecule has 0 aliphatic heterocycles. The van der Waals surface area contributed by atoms with Crippen LogP contribution in [-0.4, -0.2) is 11.9 Å². The van der Waals surface area contributed by atoms with Crippen LogP contribution in [0, 0.1) is 5.92 Å². The highest BCUT2D eigenvalue weighted by Crippen LogP contribution is 2.27. The molecule has 1 amide bonds. The molecular weight excluding hydrogens is 392 g/mol. The summed E-state index contributed by atoms with van der Waals surface area (Å²) in [6.07, 6.45) is 8.14. The van der Waals surface area contributed by atoms with Crippen LogP contribution >= 0.6 is 15.9 Å². The Hall–Kier alpha value is -1.59. The molecule has 2 N–H and O–H groups in total. The van der Waals surface area contributed by atoms with Gasteiger partial charge in [-0.05, 0) is 59.0 Å². The largest absolute Gasteiger partial charge is 0.444 e. The predicted octanol–water partition coefficient (Wildman–Crippen LogP) is 5.74. The number of anilines is 1. The number of carbonyl (C=O) groups excluding carboxylic acids is 1. The normalized spacial score (nSPS) is 16.4. The number of nitrogens with one attached hydrogen (secondary N) is 2. The summed E-state index contributed by atoms with van der Waals surface area (Å²) in [5.41, 5.74) is 1.91. The van der Waals surface area contributed by atoms with E-state index in [1.54, 1.807) is 12.1 Å². The van der Waals surface area contributed by atoms with Crippen molar-refractivity contribution in [1.82, 2.24) is 5.32 Å². The lowest BCUT2D eigenvalue weighted by atomic mass is 9.85. The van der Waals surface area contributed by atoms with Crippen LogP contribution < -0.4 is 10.6 Å². The van der Waals surface area contributed by atoms with Crippen molar-refractivity contribution >= 4 is 27.5 Å². The van der Waals surface area contributed by atoms with Crippen LogP contribution in [0.4, 0.5) is 5.69 Å². The number of halogens is 1. The Morgan fingerprint density at radius 3 is 2.69 bits per heavy atom. The van der Waals surface area contributed by atoms with E-state index in [2.05, 4.69) is 33.5 Å². The Labute approximate surface area is 163 Å². The second-order valence-corrected chi connectivity index (χ2v) is 8.02. The number of hydrogen-bond acceptors (Lipinski definition) is 3. The number of carbonyl (C=O) groups is 1. The van der Waals surface area contributed by atoms with Crippen molar-refractivity contribution in [2.75, 3.05) is 5.32 Å². The topological polar surface area (TPSA) is 54.3 Å². The van der Waals surface area contributed by atoms with Gasteiger partial charge in [-0.15, -0.1) is 0 Å². The molecule has 0 bridgehead atoms. The minimum Gasteiger partial charge on any atom is -0.444 e. The first-order valence-electron chi connectivity index (χ1n) is 9.50. The van der Waals surface area contributed by atoms with E-state index >= 15 is 0 Å². The molecule has 5 heteroatoms. The summed E-state index contributed by atoms with van der Waals surface area (Å²) in [4.78, 5) is 12.3. The van der Waals surface area contributed by atoms with Gasteiger partial charge >= 0.3 is 0 Å². The monoisotopic (exact) mass is 418 g/mol. The zero-order valence-electron chi connectivity index (χ0n) is 15.3. The van der Waals surface area contributed by atoms with Crippen LogP contribution in [0.1, 0.15) is 61.6 Å². The average molecular weight is 419 g/mol. The summed E-state index contributed by atoms with van der Waals surface area (Å²) in [6, 6.07) is 11.8. The van der Waals surface area contributed by atoms with Crippen LogP contribution in [-0.2, 0) is 6.54 Å². The molecule has 0 unspecified atom stereocenters. The highest BCUT2D eigenvalue weighted by molar-refractivity contribution is 9.10. The Morgan fingerprint density at radius 2 is 1.96 bits per heavy atom. The van der Waals surface area contributed by atoms with Gasteiger partial charge in [0.2, 0.25) is 0 Å². The van der Waals surface area contributed by atoms with Crippen LogP contribution in [0.15, 0.2) is 45.5 Å². The van der Waals surface area contributed by atoms with Gasteiger partial charge in [0.05, 0.1) is 0 Å². The van der Waals surface area contributed by atoms with E-state index < -0.39 is 0 Å². The van der Waals surface area contributed by atoms with Gasteiger partial charge in [-0.2, -0.15) is 0 Å². The molecule has 1 aromatic carbocycles. The number of amides is 1. The van der Waals surface area contributed by atoms with Gasteiger partial charge in [-0.25, -0.2) is 0 Å². The zero-order chi connectivity index (χ0) is 18.4. The van der Waals surface area contributed by atoms with Crippen molar-refractivity contribution in [2.45, 2.75) is 58.0 Å². The Balaban J connectivity index is 1.55. The number of benzene rings is 1. The number of para-hydroxylation sites is 1. The van der Waals surface area contributed by atoms with Crippen molar-refractivity contribution in [2.24, 2.45) is 5.92 Å². The van der Waals surface area contributed by atoms with Crippen LogP contribution in [0.3, 0.4) is 0 Å². The first kappa shape index (κ1) is 19.2. The van der Waals surface area contributed by atoms with Gasteiger partial charge in [0, 0.05) is 18.3 Å². The lowest BCUT2D eigenvalue weighted by Gasteiger charge is -2.25. The molecule has 1 aliphatic rings. The van der Waals surface area contributed by atoms with Gasteiger partial charge in [0.15, 0.2) is 10.4 Å². The number of hydrogen-bond donors (Lipinski definition) is 2. The summed E-state index contributed by atoms with van der Waals surface area (Å²) in [5, 5.41) is 6.57. The molecule has 3 rings (SSSR count). The standard InChI is InChI=1S/C21H27BrN2O2/c1-15(13-16-7-3-2-4-8-16)23-14-17-9-5-6-10-18(17)24-21(25)19-11-12-20(22)26-19/h5-6,9-12,15-16,23H,2-4,7-8,13-14H2,1H3,(H,24,25)/t15-/m0/s1. The molecule has 0 spiro atoms. The predicted molar refractivity (Wildman–Crippen MR) is 108 cm³/mol. The van der Waals surface area contributed by atoms with E-state index in [-0.39, 0.29) is 5.91 Å². The fraction of sp³-hybridized carbons (Fsp3) is 0.476. The molecule has 1 aromatic heterocycles. The van der Waals surface area contributed by atoms with E-state index in [4.69, 9.17) is 4.42 Å². The maximum atomic E-state index is 12.3. The van der Waals surface area contributed by atoms with Crippen molar-refractivity contribution in [3.8, 4) is 0 Å². The van der Waals surface area contributed by atoms with Gasteiger partial charge in [-0.3, -0.25) is 4.79 Å². The van der Waals surface area contributed by atoms with Gasteiger partial charge < -0.3 is 15.1 Å². The number of rotatable bonds is 7. The molecular formula is C21H27BrN2O2. The third kappa shape index (κ3) is 5.45. The van der Waals surface area contributed by atoms with E-state index in [1.165, 1.54) is 38.5 Å². The fourth-order valence-electron chi connectivity index (χ4n) is 3.71. The second-order valence-electron chi connectivity index (χ2n) is 7.24. The summed E-state index contributed by atoms with van der Waals surface area (Å²) in [6.45, 7) is 3.00. The van der Waals surface area contributed by atoms with Crippen LogP contribution in [0.5, 0.6) is 0 Å². The molecule has 1 aliphatic carbocycles. The molecule has 1 fully saturated rings. The maximum Gasteiger partial charge on any atom is 0.291 e. The third-order valence-corrected chi connectivity index (χ3v) is 5.54. The minimum atomic E-state index is -0.238. The Bertz CT molecular complexity index is 722. The number of furan rings is 1. The minimum absolute atomic E-state index is 0.238. The second kappa shape index (κ2) is 9.38. The fourth-order valence-corrected chi connectivity index (χ4v) is 4.01. The molecule has 2 aromatic rings. The molecule has 4 nitrogen and oxygen atoms in total. The molecule has 1 saturated carbocycles. The highest BCUT2D eigenvalue weighted by atomic mass is 79.9. The van der Waals surface area contributed by atoms with Crippen LogP contribution in [0.25, 0.3) is 0 Å². The van der Waals surface area contributed by atoms with Gasteiger partial charge in [0.1, 0.15) is 0 Å². The highest BCUT2D eigenvalue weighted by Gasteiger charge is 2.17. The van der Waals surface area contributed by atoms with E-state index in [0.717, 1.165) is 23.7 Å². The maximum absolute atomic E-state index is 12.3. The zero-order valence-corrected chi connectivity index (χ0v) is 16.8. The van der Waals surface area contributed by atoms with Gasteiger partial charge in [0.25, 0.3) is 5.91 Å². The summed E-state index contributed by atoms with van der Waals surface area (Å²) in [5.74, 6) is 0.919. The first-order chi connectivity index (χ1) is 12.6. The lowest BCUT2D eigenvalue weighted by Crippen LogP contribution is -2.29. The molecule has 1 atom stereocenters. The van der Waals surface area contributed by atoms with Crippen molar-refractivity contribution < 1.29 is 9.21 Å². The van der Waals surface area contributed by atoms with E-state index in [0.29, 0.717) is 16.5 Å². The Morgan fingerprint density at radius 1 is 1.19 bits per heavy atom. The average Bonchev–Trinajstić information content (AvgIpc) is 3.08. The summed E-state index contributed by atoms with van der Waals surface area (Å²) in [7, 11) is 0. The van der Waals surface area contributed by atoms with Crippen molar-refractivity contribution in [1.29, 1.82) is 0 Å². The molecule has 140 valence electrons. The quantitative estimate of drug-likeness (QED) is 0.602. The van der Waals surface area contributed by atoms with Crippen molar-refractivity contribution in [3.05, 3.63) is 52.4 Å². The third-order valence-electron chi connectivity index (χ3n) is 5.12. The van der Waals surface area contributed by atoms with Gasteiger partial charge in [-0.1, -0.05) is 50.3 Å². The van der Waals surface area contributed by atoms with E-state index in [1.807, 2.05) is 24.3 Å². The Kier molecular flexibility index (Phi) is 6.92. The van der Waals surface area contributed by atoms with Crippen LogP contribution in [0.2, 0.25) is 0 Å². The summed E-state index contributed by atoms with van der Waals surface area (Å²) < 4.78 is 5.88. The van der Waals surface area contributed by atoms with Crippen molar-refractivity contribution in [3.63, 3.8) is 0 Å². The molecule has 1 heterocycles. The van der Waals surface area contributed by atoms with E-state index in [9.17, 15) is 4.79 Å². The smallest absolute Gasteiger partial charge is 0.291 e. The SMILES string of the molecule is C[C@@H](CC1CCCCC1)NCc1ccccc1NC(=O)c1ccc(Br)o1. The molecule has 0 saturated heterocycles. The summed E-state index contributed by atoms with van der Waals surface area (Å²) >= 11 is 3.23. The lowest BCUT2D eigenvalue weighted by molar-refractivity contribution is 0.0995. The first-order valence-corrected chi connectivity index (χ1v) is 10.3. The molecule has 0 radical (unpaired) electrons.